The number of aromatic nitrogens is 3. The Balaban J connectivity index is 1.47. The van der Waals surface area contributed by atoms with Gasteiger partial charge in [-0.1, -0.05) is 50.2 Å². The summed E-state index contributed by atoms with van der Waals surface area (Å²) >= 11 is 1.25. The molecule has 1 aliphatic heterocycles. The fourth-order valence-electron chi connectivity index (χ4n) is 4.65. The molecular formula is C30H32N8O5S. The van der Waals surface area contributed by atoms with Crippen LogP contribution >= 0.6 is 11.3 Å². The maximum absolute atomic E-state index is 13.4. The topological polar surface area (TPSA) is 185 Å². The van der Waals surface area contributed by atoms with Crippen LogP contribution in [0.5, 0.6) is 0 Å². The number of anilines is 1. The molecule has 228 valence electrons. The molecule has 5 N–H and O–H groups in total. The van der Waals surface area contributed by atoms with Gasteiger partial charge in [0.05, 0.1) is 12.6 Å². The Bertz CT molecular complexity index is 1650. The number of rotatable bonds is 4. The first-order chi connectivity index (χ1) is 21.2. The minimum atomic E-state index is -0.699. The van der Waals surface area contributed by atoms with E-state index in [0.717, 1.165) is 5.56 Å². The van der Waals surface area contributed by atoms with Crippen molar-refractivity contribution in [2.24, 2.45) is 5.92 Å². The normalized spacial score (nSPS) is 18.2. The standard InChI is InChI=1S/C30H32N8O5S/c1-17(2)25-29-36-22(16-44-29)27(41)34-20(13-18-7-4-3-5-8-18)28-35-21(15-43-28)26(40)32-11-12-38(14-24(39)37-25)30(42)19-9-6-10-23(31)33-19/h3-10,15-17,20,25H,11-14H2,1-2H3,(H2,31,33)(H,32,40)(H,34,41)(H,37,39)/t20-,25-/m0/s1. The molecule has 4 amide bonds. The number of nitrogen functional groups attached to an aromatic ring is 1. The average Bonchev–Trinajstić information content (AvgIpc) is 3.70. The fourth-order valence-corrected chi connectivity index (χ4v) is 5.68. The number of nitrogens with zero attached hydrogens (tertiary/aromatic N) is 4. The lowest BCUT2D eigenvalue weighted by atomic mass is 10.0. The molecule has 0 spiro atoms. The van der Waals surface area contributed by atoms with Crippen molar-refractivity contribution in [3.8, 4) is 0 Å². The smallest absolute Gasteiger partial charge is 0.273 e. The Morgan fingerprint density at radius 3 is 2.57 bits per heavy atom. The number of oxazole rings is 1. The molecule has 44 heavy (non-hydrogen) atoms. The van der Waals surface area contributed by atoms with Crippen LogP contribution in [-0.2, 0) is 11.2 Å². The van der Waals surface area contributed by atoms with Crippen molar-refractivity contribution in [2.75, 3.05) is 25.4 Å². The van der Waals surface area contributed by atoms with E-state index in [1.807, 2.05) is 44.2 Å². The summed E-state index contributed by atoms with van der Waals surface area (Å²) in [6.45, 7) is 3.53. The van der Waals surface area contributed by atoms with Crippen LogP contribution in [0.1, 0.15) is 73.9 Å². The summed E-state index contributed by atoms with van der Waals surface area (Å²) in [5.41, 5.74) is 6.93. The lowest BCUT2D eigenvalue weighted by Crippen LogP contribution is -2.45. The highest BCUT2D eigenvalue weighted by Crippen LogP contribution is 2.26. The molecule has 1 aromatic carbocycles. The first kappa shape index (κ1) is 30.4. The first-order valence-electron chi connectivity index (χ1n) is 14.0. The summed E-state index contributed by atoms with van der Waals surface area (Å²) in [4.78, 5) is 67.3. The molecule has 0 saturated heterocycles. The zero-order valence-electron chi connectivity index (χ0n) is 24.1. The SMILES string of the molecule is CC(C)[C@@H]1NC(=O)CN(C(=O)c2cccc(N)n2)CCNC(=O)c2coc(n2)[C@H](Cc2ccccc2)NC(=O)c2csc1n2. The van der Waals surface area contributed by atoms with Crippen molar-refractivity contribution in [1.29, 1.82) is 0 Å². The highest BCUT2D eigenvalue weighted by molar-refractivity contribution is 7.09. The number of carbonyl (C=O) groups excluding carboxylic acids is 4. The zero-order chi connectivity index (χ0) is 31.2. The molecule has 0 saturated carbocycles. The fraction of sp³-hybridized carbons (Fsp3) is 0.300. The van der Waals surface area contributed by atoms with E-state index in [2.05, 4.69) is 30.9 Å². The minimum absolute atomic E-state index is 0.000381. The second-order valence-corrected chi connectivity index (χ2v) is 11.5. The minimum Gasteiger partial charge on any atom is -0.446 e. The lowest BCUT2D eigenvalue weighted by Gasteiger charge is -2.25. The molecule has 14 heteroatoms. The summed E-state index contributed by atoms with van der Waals surface area (Å²) in [5, 5.41) is 10.8. The molecule has 0 aliphatic carbocycles. The van der Waals surface area contributed by atoms with Gasteiger partial charge < -0.3 is 31.0 Å². The Labute approximate surface area is 257 Å². The Hall–Kier alpha value is -5.11. The van der Waals surface area contributed by atoms with Crippen LogP contribution < -0.4 is 21.7 Å². The molecule has 0 radical (unpaired) electrons. The maximum atomic E-state index is 13.4. The highest BCUT2D eigenvalue weighted by atomic mass is 32.1. The molecule has 0 fully saturated rings. The van der Waals surface area contributed by atoms with Gasteiger partial charge in [-0.2, -0.15) is 0 Å². The Morgan fingerprint density at radius 1 is 1.02 bits per heavy atom. The van der Waals surface area contributed by atoms with Gasteiger partial charge in [0.15, 0.2) is 5.69 Å². The second-order valence-electron chi connectivity index (χ2n) is 10.6. The van der Waals surface area contributed by atoms with E-state index < -0.39 is 35.7 Å². The molecule has 2 atom stereocenters. The summed E-state index contributed by atoms with van der Waals surface area (Å²) in [7, 11) is 0. The highest BCUT2D eigenvalue weighted by Gasteiger charge is 2.28. The van der Waals surface area contributed by atoms with Crippen molar-refractivity contribution in [2.45, 2.75) is 32.4 Å². The number of amides is 4. The van der Waals surface area contributed by atoms with E-state index in [4.69, 9.17) is 10.2 Å². The van der Waals surface area contributed by atoms with Gasteiger partial charge >= 0.3 is 0 Å². The molecule has 1 aliphatic rings. The van der Waals surface area contributed by atoms with Crippen molar-refractivity contribution in [1.82, 2.24) is 35.8 Å². The van der Waals surface area contributed by atoms with E-state index >= 15 is 0 Å². The van der Waals surface area contributed by atoms with E-state index in [1.165, 1.54) is 28.6 Å². The quantitative estimate of drug-likeness (QED) is 0.267. The number of carbonyl (C=O) groups is 4. The van der Waals surface area contributed by atoms with Crippen LogP contribution in [0.3, 0.4) is 0 Å². The third-order valence-corrected chi connectivity index (χ3v) is 7.85. The number of hydrogen-bond donors (Lipinski definition) is 4. The van der Waals surface area contributed by atoms with E-state index in [-0.39, 0.29) is 54.3 Å². The number of benzene rings is 1. The average molecular weight is 617 g/mol. The number of nitrogens with two attached hydrogens (primary N) is 1. The van der Waals surface area contributed by atoms with Gasteiger partial charge in [-0.25, -0.2) is 15.0 Å². The van der Waals surface area contributed by atoms with Gasteiger partial charge in [0.2, 0.25) is 11.8 Å². The molecule has 0 unspecified atom stereocenters. The molecule has 4 bridgehead atoms. The predicted octanol–water partition coefficient (Wildman–Crippen LogP) is 2.52. The number of nitrogens with one attached hydrogen (secondary N) is 3. The van der Waals surface area contributed by atoms with Crippen LogP contribution in [0.2, 0.25) is 0 Å². The van der Waals surface area contributed by atoms with Crippen molar-refractivity contribution in [3.05, 3.63) is 93.7 Å². The van der Waals surface area contributed by atoms with Crippen LogP contribution in [0, 0.1) is 5.92 Å². The summed E-state index contributed by atoms with van der Waals surface area (Å²) in [6, 6.07) is 12.9. The first-order valence-corrected chi connectivity index (χ1v) is 14.9. The van der Waals surface area contributed by atoms with E-state index in [0.29, 0.717) is 11.4 Å². The van der Waals surface area contributed by atoms with Crippen LogP contribution in [0.15, 0.2) is 64.6 Å². The third-order valence-electron chi connectivity index (χ3n) is 6.92. The summed E-state index contributed by atoms with van der Waals surface area (Å²) in [6.07, 6.45) is 1.56. The second kappa shape index (κ2) is 13.5. The molecule has 4 heterocycles. The van der Waals surface area contributed by atoms with Crippen molar-refractivity contribution in [3.63, 3.8) is 0 Å². The van der Waals surface area contributed by atoms with Gasteiger partial charge in [0, 0.05) is 24.9 Å². The maximum Gasteiger partial charge on any atom is 0.273 e. The summed E-state index contributed by atoms with van der Waals surface area (Å²) in [5.74, 6) is -1.75. The van der Waals surface area contributed by atoms with Gasteiger partial charge in [0.1, 0.15) is 34.5 Å². The molecule has 5 rings (SSSR count). The monoisotopic (exact) mass is 616 g/mol. The molecule has 3 aromatic heterocycles. The van der Waals surface area contributed by atoms with Crippen molar-refractivity contribution >= 4 is 40.8 Å². The Morgan fingerprint density at radius 2 is 1.82 bits per heavy atom. The third kappa shape index (κ3) is 7.26. The number of fused-ring (bicyclic) bond motifs is 4. The van der Waals surface area contributed by atoms with Gasteiger partial charge in [-0.05, 0) is 23.6 Å². The number of hydrogen-bond acceptors (Lipinski definition) is 10. The summed E-state index contributed by atoms with van der Waals surface area (Å²) < 4.78 is 5.67. The Kier molecular flexibility index (Phi) is 9.29. The van der Waals surface area contributed by atoms with Gasteiger partial charge in [-0.3, -0.25) is 19.2 Å². The van der Waals surface area contributed by atoms with Crippen LogP contribution in [0.25, 0.3) is 0 Å². The predicted molar refractivity (Wildman–Crippen MR) is 162 cm³/mol. The largest absolute Gasteiger partial charge is 0.446 e. The number of thiazole rings is 1. The molecule has 4 aromatic rings. The molecule has 13 nitrogen and oxygen atoms in total. The molecular weight excluding hydrogens is 584 g/mol. The van der Waals surface area contributed by atoms with Gasteiger partial charge in [-0.15, -0.1) is 11.3 Å². The van der Waals surface area contributed by atoms with E-state index in [1.54, 1.807) is 17.5 Å². The van der Waals surface area contributed by atoms with Crippen LogP contribution in [0.4, 0.5) is 5.82 Å². The number of pyridine rings is 1. The zero-order valence-corrected chi connectivity index (χ0v) is 25.0. The van der Waals surface area contributed by atoms with Gasteiger partial charge in [0.25, 0.3) is 17.7 Å². The van der Waals surface area contributed by atoms with E-state index in [9.17, 15) is 19.2 Å². The van der Waals surface area contributed by atoms with Crippen LogP contribution in [-0.4, -0.2) is 63.1 Å². The van der Waals surface area contributed by atoms with Crippen molar-refractivity contribution < 1.29 is 23.6 Å². The lowest BCUT2D eigenvalue weighted by molar-refractivity contribution is -0.122.